The molecule has 4 heteroatoms. The van der Waals surface area contributed by atoms with Crippen molar-refractivity contribution in [3.8, 4) is 0 Å². The lowest BCUT2D eigenvalue weighted by Crippen LogP contribution is -1.99. The first-order valence-corrected chi connectivity index (χ1v) is 1.48. The van der Waals surface area contributed by atoms with Gasteiger partial charge in [-0.25, -0.2) is 4.39 Å². The molecule has 0 heterocycles. The predicted octanol–water partition coefficient (Wildman–Crippen LogP) is 1.00. The number of halogens is 2. The molecule has 0 aromatic carbocycles. The molecule has 0 spiro atoms. The van der Waals surface area contributed by atoms with Crippen LogP contribution in [0.5, 0.6) is 0 Å². The molecule has 7 heavy (non-hydrogen) atoms. The number of ether oxygens (including phenoxy) is 1. The third kappa shape index (κ3) is 5.69. The van der Waals surface area contributed by atoms with Crippen LogP contribution < -0.4 is 0 Å². The Balaban J connectivity index is 0. The van der Waals surface area contributed by atoms with E-state index in [2.05, 4.69) is 4.74 Å². The topological polar surface area (TPSA) is 33.1 Å². The maximum Gasteiger partial charge on any atom is 0.212 e. The van der Waals surface area contributed by atoms with E-state index in [0.29, 0.717) is 0 Å². The van der Waals surface area contributed by atoms with Crippen LogP contribution in [0, 0.1) is 5.41 Å². The van der Waals surface area contributed by atoms with Crippen LogP contribution in [-0.2, 0) is 4.74 Å². The van der Waals surface area contributed by atoms with Crippen LogP contribution >= 0.6 is 12.4 Å². The summed E-state index contributed by atoms with van der Waals surface area (Å²) in [5.41, 5.74) is 0. The summed E-state index contributed by atoms with van der Waals surface area (Å²) in [6, 6.07) is 0. The van der Waals surface area contributed by atoms with Crippen molar-refractivity contribution in [2.75, 3.05) is 13.8 Å². The zero-order valence-electron chi connectivity index (χ0n) is 3.90. The van der Waals surface area contributed by atoms with Gasteiger partial charge in [-0.3, -0.25) is 5.41 Å². The Hall–Kier alpha value is -0.310. The maximum absolute atomic E-state index is 11.0. The molecule has 1 N–H and O–H groups in total. The average molecular weight is 128 g/mol. The predicted molar refractivity (Wildman–Crippen MR) is 28.0 cm³/mol. The minimum atomic E-state index is -0.809. The third-order valence-electron chi connectivity index (χ3n) is 0.368. The Labute approximate surface area is 47.6 Å². The van der Waals surface area contributed by atoms with E-state index in [9.17, 15) is 4.39 Å². The zero-order chi connectivity index (χ0) is 4.99. The highest BCUT2D eigenvalue weighted by Crippen LogP contribution is 1.71. The van der Waals surface area contributed by atoms with Gasteiger partial charge < -0.3 is 4.74 Å². The highest BCUT2D eigenvalue weighted by Gasteiger charge is 1.85. The number of nitrogens with one attached hydrogen (secondary N) is 1. The van der Waals surface area contributed by atoms with Gasteiger partial charge in [0.2, 0.25) is 5.90 Å². The summed E-state index contributed by atoms with van der Waals surface area (Å²) < 4.78 is 15.1. The molecule has 0 rings (SSSR count). The quantitative estimate of drug-likeness (QED) is 0.414. The zero-order valence-corrected chi connectivity index (χ0v) is 4.72. The average Bonchev–Trinajstić information content (AvgIpc) is 1.65. The Morgan fingerprint density at radius 3 is 2.29 bits per heavy atom. The van der Waals surface area contributed by atoms with E-state index in [1.165, 1.54) is 7.11 Å². The number of rotatable bonds is 1. The smallest absolute Gasteiger partial charge is 0.212 e. The van der Waals surface area contributed by atoms with Gasteiger partial charge >= 0.3 is 0 Å². The van der Waals surface area contributed by atoms with E-state index in [0.717, 1.165) is 0 Å². The lowest BCUT2D eigenvalue weighted by atomic mass is 10.8. The van der Waals surface area contributed by atoms with Crippen molar-refractivity contribution in [1.29, 1.82) is 5.41 Å². The molecule has 0 amide bonds. The highest BCUT2D eigenvalue weighted by atomic mass is 35.5. The molecule has 0 aromatic heterocycles. The molecule has 0 saturated heterocycles. The van der Waals surface area contributed by atoms with Crippen molar-refractivity contribution in [3.63, 3.8) is 0 Å². The molecule has 0 saturated carbocycles. The van der Waals surface area contributed by atoms with Crippen molar-refractivity contribution < 1.29 is 9.13 Å². The Kier molecular flexibility index (Phi) is 8.00. The van der Waals surface area contributed by atoms with Gasteiger partial charge in [0.15, 0.2) is 6.67 Å². The fraction of sp³-hybridized carbons (Fsp3) is 0.667. The molecular weight excluding hydrogens is 120 g/mol. The van der Waals surface area contributed by atoms with E-state index in [-0.39, 0.29) is 18.3 Å². The number of alkyl halides is 1. The second-order valence-corrected chi connectivity index (χ2v) is 0.761. The van der Waals surface area contributed by atoms with Crippen LogP contribution in [0.1, 0.15) is 0 Å². The molecule has 0 atom stereocenters. The highest BCUT2D eigenvalue weighted by molar-refractivity contribution is 5.85. The van der Waals surface area contributed by atoms with Crippen LogP contribution in [-0.4, -0.2) is 19.7 Å². The maximum atomic E-state index is 11.0. The van der Waals surface area contributed by atoms with Crippen molar-refractivity contribution >= 4 is 18.3 Å². The first-order valence-electron chi connectivity index (χ1n) is 1.48. The minimum Gasteiger partial charge on any atom is -0.483 e. The van der Waals surface area contributed by atoms with Crippen molar-refractivity contribution in [1.82, 2.24) is 0 Å². The number of hydrogen-bond donors (Lipinski definition) is 1. The van der Waals surface area contributed by atoms with Crippen LogP contribution in [0.2, 0.25) is 0 Å². The standard InChI is InChI=1S/C3H6FNO.ClH/c1-6-3(5)2-4;/h5H,2H2,1H3;1H. The number of hydrogen-bond acceptors (Lipinski definition) is 2. The summed E-state index contributed by atoms with van der Waals surface area (Å²) in [5, 5.41) is 6.39. The molecular formula is C3H7ClFNO. The third-order valence-corrected chi connectivity index (χ3v) is 0.368. The van der Waals surface area contributed by atoms with Gasteiger partial charge in [0, 0.05) is 0 Å². The summed E-state index contributed by atoms with van der Waals surface area (Å²) in [4.78, 5) is 0. The van der Waals surface area contributed by atoms with Crippen LogP contribution in [0.3, 0.4) is 0 Å². The van der Waals surface area contributed by atoms with Gasteiger partial charge in [-0.15, -0.1) is 12.4 Å². The van der Waals surface area contributed by atoms with E-state index >= 15 is 0 Å². The lowest BCUT2D eigenvalue weighted by molar-refractivity contribution is 0.366. The summed E-state index contributed by atoms with van der Waals surface area (Å²) in [6.45, 7) is -0.809. The molecule has 0 radical (unpaired) electrons. The molecule has 0 aliphatic carbocycles. The lowest BCUT2D eigenvalue weighted by Gasteiger charge is -1.89. The largest absolute Gasteiger partial charge is 0.483 e. The van der Waals surface area contributed by atoms with E-state index in [1.54, 1.807) is 0 Å². The molecule has 2 nitrogen and oxygen atoms in total. The summed E-state index contributed by atoms with van der Waals surface area (Å²) in [5.74, 6) is -0.324. The van der Waals surface area contributed by atoms with Crippen LogP contribution in [0.4, 0.5) is 4.39 Å². The second-order valence-electron chi connectivity index (χ2n) is 0.761. The van der Waals surface area contributed by atoms with Gasteiger partial charge in [-0.1, -0.05) is 0 Å². The second kappa shape index (κ2) is 5.69. The molecule has 44 valence electrons. The van der Waals surface area contributed by atoms with E-state index in [1.807, 2.05) is 0 Å². The first-order chi connectivity index (χ1) is 2.81. The van der Waals surface area contributed by atoms with Gasteiger partial charge in [-0.05, 0) is 0 Å². The normalized spacial score (nSPS) is 6.57. The van der Waals surface area contributed by atoms with Gasteiger partial charge in [0.25, 0.3) is 0 Å². The fourth-order valence-electron chi connectivity index (χ4n) is 0.0546. The molecule has 0 aliphatic rings. The van der Waals surface area contributed by atoms with E-state index in [4.69, 9.17) is 5.41 Å². The fourth-order valence-corrected chi connectivity index (χ4v) is 0.0546. The summed E-state index contributed by atoms with van der Waals surface area (Å²) in [7, 11) is 1.27. The molecule has 0 unspecified atom stereocenters. The molecule has 0 aromatic rings. The Bertz CT molecular complexity index is 52.9. The summed E-state index contributed by atoms with van der Waals surface area (Å²) >= 11 is 0. The Morgan fingerprint density at radius 2 is 2.29 bits per heavy atom. The van der Waals surface area contributed by atoms with Crippen molar-refractivity contribution in [3.05, 3.63) is 0 Å². The van der Waals surface area contributed by atoms with E-state index < -0.39 is 6.67 Å². The monoisotopic (exact) mass is 127 g/mol. The van der Waals surface area contributed by atoms with Gasteiger partial charge in [-0.2, -0.15) is 0 Å². The van der Waals surface area contributed by atoms with Gasteiger partial charge in [0.05, 0.1) is 7.11 Å². The van der Waals surface area contributed by atoms with Crippen molar-refractivity contribution in [2.45, 2.75) is 0 Å². The first kappa shape index (κ1) is 9.85. The van der Waals surface area contributed by atoms with Crippen LogP contribution in [0.25, 0.3) is 0 Å². The molecule has 0 bridgehead atoms. The molecule has 0 fully saturated rings. The SMILES string of the molecule is COC(=N)CF.Cl. The number of methoxy groups -OCH3 is 1. The van der Waals surface area contributed by atoms with Crippen molar-refractivity contribution in [2.24, 2.45) is 0 Å². The molecule has 0 aliphatic heterocycles. The minimum absolute atomic E-state index is 0. The van der Waals surface area contributed by atoms with Crippen LogP contribution in [0.15, 0.2) is 0 Å². The van der Waals surface area contributed by atoms with Gasteiger partial charge in [0.1, 0.15) is 0 Å². The Morgan fingerprint density at radius 1 is 1.86 bits per heavy atom. The summed E-state index contributed by atoms with van der Waals surface area (Å²) in [6.07, 6.45) is 0.